The van der Waals surface area contributed by atoms with E-state index in [0.29, 0.717) is 29.7 Å². The molecule has 2 aromatic rings. The van der Waals surface area contributed by atoms with Crippen LogP contribution in [-0.2, 0) is 26.2 Å². The molecule has 190 valence electrons. The molecule has 1 atom stereocenters. The number of hydrogen-bond donors (Lipinski definition) is 1. The van der Waals surface area contributed by atoms with Crippen LogP contribution in [0.25, 0.3) is 0 Å². The molecule has 0 bridgehead atoms. The monoisotopic (exact) mass is 515 g/mol. The van der Waals surface area contributed by atoms with Gasteiger partial charge in [-0.3, -0.25) is 19.7 Å². The Morgan fingerprint density at radius 3 is 2.36 bits per heavy atom. The van der Waals surface area contributed by atoms with Gasteiger partial charge in [-0.2, -0.15) is 4.31 Å². The maximum Gasteiger partial charge on any atom is 0.255 e. The minimum Gasteiger partial charge on any atom is -0.497 e. The number of fused-ring (bicyclic) bond motifs is 1. The molecule has 0 aliphatic carbocycles. The summed E-state index contributed by atoms with van der Waals surface area (Å²) in [5, 5.41) is 2.27. The maximum absolute atomic E-state index is 14.6. The highest BCUT2D eigenvalue weighted by Crippen LogP contribution is 2.38. The molecular formula is C25H26FN3O6S. The van der Waals surface area contributed by atoms with E-state index >= 15 is 0 Å². The van der Waals surface area contributed by atoms with Crippen molar-refractivity contribution < 1.29 is 31.9 Å². The van der Waals surface area contributed by atoms with E-state index in [9.17, 15) is 27.2 Å². The molecule has 3 aliphatic heterocycles. The van der Waals surface area contributed by atoms with Crippen molar-refractivity contribution in [2.75, 3.05) is 20.2 Å². The molecule has 0 radical (unpaired) electrons. The van der Waals surface area contributed by atoms with Gasteiger partial charge in [-0.15, -0.1) is 0 Å². The van der Waals surface area contributed by atoms with Gasteiger partial charge in [0.05, 0.1) is 12.0 Å². The van der Waals surface area contributed by atoms with E-state index in [4.69, 9.17) is 4.74 Å². The van der Waals surface area contributed by atoms with E-state index in [0.717, 1.165) is 0 Å². The van der Waals surface area contributed by atoms with Crippen LogP contribution >= 0.6 is 0 Å². The van der Waals surface area contributed by atoms with E-state index in [1.54, 1.807) is 12.1 Å². The Hall–Kier alpha value is -3.31. The lowest BCUT2D eigenvalue weighted by atomic mass is 9.86. The molecule has 0 spiro atoms. The average Bonchev–Trinajstić information content (AvgIpc) is 3.19. The Bertz CT molecular complexity index is 1340. The number of hydrogen-bond acceptors (Lipinski definition) is 6. The Kier molecular flexibility index (Phi) is 6.29. The van der Waals surface area contributed by atoms with Crippen molar-refractivity contribution in [2.24, 2.45) is 0 Å². The van der Waals surface area contributed by atoms with E-state index in [1.807, 2.05) is 0 Å². The Labute approximate surface area is 208 Å². The van der Waals surface area contributed by atoms with E-state index < -0.39 is 33.7 Å². The summed E-state index contributed by atoms with van der Waals surface area (Å²) in [5.41, 5.74) is 1.57. The van der Waals surface area contributed by atoms with Crippen molar-refractivity contribution in [2.45, 2.75) is 49.1 Å². The minimum atomic E-state index is -3.69. The Balaban J connectivity index is 1.34. The average molecular weight is 516 g/mol. The third-order valence-electron chi connectivity index (χ3n) is 7.25. The summed E-state index contributed by atoms with van der Waals surface area (Å²) in [5.74, 6) is -1.44. The lowest BCUT2D eigenvalue weighted by molar-refractivity contribution is -0.136. The van der Waals surface area contributed by atoms with E-state index in [2.05, 4.69) is 5.32 Å². The van der Waals surface area contributed by atoms with Gasteiger partial charge in [-0.1, -0.05) is 0 Å². The number of halogens is 1. The summed E-state index contributed by atoms with van der Waals surface area (Å²) in [6.07, 6.45) is 1.30. The normalized spacial score (nSPS) is 21.4. The molecule has 9 nitrogen and oxygen atoms in total. The van der Waals surface area contributed by atoms with Crippen molar-refractivity contribution in [1.82, 2.24) is 14.5 Å². The number of amides is 3. The van der Waals surface area contributed by atoms with Crippen molar-refractivity contribution in [3.63, 3.8) is 0 Å². The fourth-order valence-electron chi connectivity index (χ4n) is 5.32. The summed E-state index contributed by atoms with van der Waals surface area (Å²) in [7, 11) is -2.18. The zero-order valence-electron chi connectivity index (χ0n) is 19.7. The summed E-state index contributed by atoms with van der Waals surface area (Å²) in [6, 6.07) is 8.04. The summed E-state index contributed by atoms with van der Waals surface area (Å²) >= 11 is 0. The molecule has 36 heavy (non-hydrogen) atoms. The zero-order valence-corrected chi connectivity index (χ0v) is 20.5. The molecule has 11 heteroatoms. The lowest BCUT2D eigenvalue weighted by Crippen LogP contribution is -2.52. The van der Waals surface area contributed by atoms with Crippen LogP contribution in [0.4, 0.5) is 4.39 Å². The number of rotatable bonds is 5. The molecule has 1 N–H and O–H groups in total. The molecular weight excluding hydrogens is 489 g/mol. The number of piperidine rings is 2. The lowest BCUT2D eigenvalue weighted by Gasteiger charge is -2.32. The molecule has 5 rings (SSSR count). The molecule has 3 aliphatic rings. The third kappa shape index (κ3) is 4.26. The first-order valence-corrected chi connectivity index (χ1v) is 13.2. The van der Waals surface area contributed by atoms with Crippen molar-refractivity contribution in [3.05, 3.63) is 58.9 Å². The molecule has 3 amide bonds. The molecule has 3 heterocycles. The number of methoxy groups -OCH3 is 1. The first-order chi connectivity index (χ1) is 17.2. The van der Waals surface area contributed by atoms with Crippen LogP contribution < -0.4 is 10.1 Å². The van der Waals surface area contributed by atoms with Gasteiger partial charge in [0.1, 0.15) is 17.6 Å². The first kappa shape index (κ1) is 24.4. The SMILES string of the molecule is COc1ccc(S(=O)(=O)N2CCC(c3cc(F)cc4c3CN(C3CCC(=O)NC3=O)C4=O)CC2)cc1. The zero-order chi connectivity index (χ0) is 25.6. The van der Waals surface area contributed by atoms with E-state index in [-0.39, 0.29) is 54.8 Å². The quantitative estimate of drug-likeness (QED) is 0.611. The van der Waals surface area contributed by atoms with Crippen molar-refractivity contribution >= 4 is 27.7 Å². The molecule has 2 fully saturated rings. The largest absolute Gasteiger partial charge is 0.497 e. The molecule has 0 aromatic heterocycles. The van der Waals surface area contributed by atoms with Gasteiger partial charge in [0, 0.05) is 31.6 Å². The third-order valence-corrected chi connectivity index (χ3v) is 9.16. The second-order valence-corrected chi connectivity index (χ2v) is 11.2. The number of benzene rings is 2. The molecule has 0 saturated carbocycles. The summed E-state index contributed by atoms with van der Waals surface area (Å²) in [6.45, 7) is 0.671. The van der Waals surface area contributed by atoms with Gasteiger partial charge in [-0.05, 0) is 72.7 Å². The van der Waals surface area contributed by atoms with Crippen LogP contribution in [0.5, 0.6) is 5.75 Å². The van der Waals surface area contributed by atoms with Gasteiger partial charge in [-0.25, -0.2) is 12.8 Å². The number of imide groups is 1. The van der Waals surface area contributed by atoms with Gasteiger partial charge >= 0.3 is 0 Å². The fraction of sp³-hybridized carbons (Fsp3) is 0.400. The second-order valence-electron chi connectivity index (χ2n) is 9.27. The predicted molar refractivity (Wildman–Crippen MR) is 126 cm³/mol. The smallest absolute Gasteiger partial charge is 0.255 e. The Morgan fingerprint density at radius 2 is 1.72 bits per heavy atom. The molecule has 2 aromatic carbocycles. The highest BCUT2D eigenvalue weighted by molar-refractivity contribution is 7.89. The number of nitrogens with zero attached hydrogens (tertiary/aromatic N) is 2. The second kappa shape index (κ2) is 9.29. The van der Waals surface area contributed by atoms with Crippen molar-refractivity contribution in [3.8, 4) is 5.75 Å². The van der Waals surface area contributed by atoms with Crippen LogP contribution in [0.1, 0.15) is 53.1 Å². The number of carbonyl (C=O) groups is 3. The Morgan fingerprint density at radius 1 is 1.03 bits per heavy atom. The van der Waals surface area contributed by atoms with Crippen LogP contribution in [0.3, 0.4) is 0 Å². The van der Waals surface area contributed by atoms with Crippen LogP contribution in [-0.4, -0.2) is 61.6 Å². The predicted octanol–water partition coefficient (Wildman–Crippen LogP) is 2.16. The fourth-order valence-corrected chi connectivity index (χ4v) is 6.79. The summed E-state index contributed by atoms with van der Waals surface area (Å²) in [4.78, 5) is 38.5. The number of ether oxygens (including phenoxy) is 1. The van der Waals surface area contributed by atoms with Crippen LogP contribution in [0.15, 0.2) is 41.3 Å². The number of carbonyl (C=O) groups excluding carboxylic acids is 3. The van der Waals surface area contributed by atoms with E-state index in [1.165, 1.54) is 40.6 Å². The van der Waals surface area contributed by atoms with Gasteiger partial charge < -0.3 is 9.64 Å². The highest BCUT2D eigenvalue weighted by Gasteiger charge is 2.41. The van der Waals surface area contributed by atoms with Gasteiger partial charge in [0.25, 0.3) is 5.91 Å². The minimum absolute atomic E-state index is 0.133. The summed E-state index contributed by atoms with van der Waals surface area (Å²) < 4.78 is 47.3. The van der Waals surface area contributed by atoms with Gasteiger partial charge in [0.15, 0.2) is 0 Å². The van der Waals surface area contributed by atoms with Crippen LogP contribution in [0.2, 0.25) is 0 Å². The van der Waals surface area contributed by atoms with Gasteiger partial charge in [0.2, 0.25) is 21.8 Å². The van der Waals surface area contributed by atoms with Crippen LogP contribution in [0, 0.1) is 5.82 Å². The van der Waals surface area contributed by atoms with Crippen molar-refractivity contribution in [1.29, 1.82) is 0 Å². The first-order valence-electron chi connectivity index (χ1n) is 11.8. The molecule has 2 saturated heterocycles. The number of nitrogens with one attached hydrogen (secondary N) is 1. The standard InChI is InChI=1S/C25H26FN3O6S/c1-35-17-2-4-18(5-3-17)36(33,34)28-10-8-15(9-11-28)19-12-16(26)13-20-21(19)14-29(25(20)32)22-6-7-23(30)27-24(22)31/h2-5,12-13,15,22H,6-11,14H2,1H3,(H,27,30,31). The number of sulfonamides is 1. The molecule has 1 unspecified atom stereocenters. The highest BCUT2D eigenvalue weighted by atomic mass is 32.2. The topological polar surface area (TPSA) is 113 Å². The maximum atomic E-state index is 14.6.